The maximum absolute atomic E-state index is 12.4. The minimum Gasteiger partial charge on any atom is -0.483 e. The first kappa shape index (κ1) is 24.6. The Labute approximate surface area is 202 Å². The lowest BCUT2D eigenvalue weighted by molar-refractivity contribution is -0.113. The van der Waals surface area contributed by atoms with Crippen LogP contribution in [-0.2, 0) is 16.8 Å². The first-order valence-corrected chi connectivity index (χ1v) is 12.3. The number of carbonyl (C=O) groups is 1. The molecule has 0 aliphatic heterocycles. The molecule has 1 N–H and O–H groups in total. The molecule has 9 heteroatoms. The summed E-state index contributed by atoms with van der Waals surface area (Å²) in [6, 6.07) is 11.8. The second kappa shape index (κ2) is 10.7. The quantitative estimate of drug-likeness (QED) is 0.317. The van der Waals surface area contributed by atoms with Crippen LogP contribution in [0, 0.1) is 11.3 Å². The normalized spacial score (nSPS) is 12.1. The van der Waals surface area contributed by atoms with Crippen LogP contribution >= 0.6 is 23.1 Å². The third-order valence-corrected chi connectivity index (χ3v) is 6.62. The number of allylic oxidation sites excluding steroid dienone is 1. The van der Waals surface area contributed by atoms with Crippen molar-refractivity contribution in [2.45, 2.75) is 50.9 Å². The molecule has 2 heterocycles. The van der Waals surface area contributed by atoms with Gasteiger partial charge in [-0.15, -0.1) is 28.1 Å². The fraction of sp³-hybridized carbons (Fsp3) is 0.333. The third-order valence-electron chi connectivity index (χ3n) is 4.82. The Bertz CT molecular complexity index is 1150. The van der Waals surface area contributed by atoms with E-state index >= 15 is 0 Å². The van der Waals surface area contributed by atoms with E-state index in [9.17, 15) is 4.79 Å². The molecule has 172 valence electrons. The van der Waals surface area contributed by atoms with E-state index in [1.54, 1.807) is 17.5 Å². The van der Waals surface area contributed by atoms with Crippen molar-refractivity contribution in [3.8, 4) is 11.8 Å². The predicted molar refractivity (Wildman–Crippen MR) is 133 cm³/mol. The molecule has 1 unspecified atom stereocenters. The molecule has 0 saturated carbocycles. The van der Waals surface area contributed by atoms with E-state index in [-0.39, 0.29) is 23.2 Å². The van der Waals surface area contributed by atoms with Crippen molar-refractivity contribution >= 4 is 34.0 Å². The fourth-order valence-corrected chi connectivity index (χ4v) is 4.59. The number of ether oxygens (including phenoxy) is 1. The molecular formula is C24H27N5O2S2. The molecule has 1 amide bonds. The van der Waals surface area contributed by atoms with Crippen LogP contribution in [0.4, 0.5) is 5.00 Å². The van der Waals surface area contributed by atoms with Gasteiger partial charge < -0.3 is 10.1 Å². The van der Waals surface area contributed by atoms with Gasteiger partial charge in [-0.3, -0.25) is 9.36 Å². The third kappa shape index (κ3) is 6.24. The van der Waals surface area contributed by atoms with Crippen LogP contribution in [0.1, 0.15) is 50.8 Å². The lowest BCUT2D eigenvalue weighted by Gasteiger charge is -2.20. The Morgan fingerprint density at radius 2 is 2.06 bits per heavy atom. The highest BCUT2D eigenvalue weighted by Crippen LogP contribution is 2.28. The Hall–Kier alpha value is -3.09. The van der Waals surface area contributed by atoms with E-state index in [4.69, 9.17) is 10.00 Å². The van der Waals surface area contributed by atoms with Gasteiger partial charge in [-0.25, -0.2) is 0 Å². The van der Waals surface area contributed by atoms with Crippen LogP contribution in [0.15, 0.2) is 53.5 Å². The Kier molecular flexibility index (Phi) is 7.95. The van der Waals surface area contributed by atoms with Crippen molar-refractivity contribution in [2.75, 3.05) is 11.1 Å². The maximum Gasteiger partial charge on any atom is 0.235 e. The van der Waals surface area contributed by atoms with E-state index in [1.807, 2.05) is 23.6 Å². The summed E-state index contributed by atoms with van der Waals surface area (Å²) >= 11 is 2.59. The van der Waals surface area contributed by atoms with Crippen LogP contribution in [-0.4, -0.2) is 26.4 Å². The van der Waals surface area contributed by atoms with Gasteiger partial charge in [-0.2, -0.15) is 5.26 Å². The SMILES string of the molecule is C=CCn1c(SCC(=O)Nc2sccc2C#N)nnc1C(C)Oc1ccc(C(C)(C)C)cc1. The monoisotopic (exact) mass is 481 g/mol. The average Bonchev–Trinajstić information content (AvgIpc) is 3.39. The molecule has 0 bridgehead atoms. The molecule has 2 aromatic heterocycles. The number of carbonyl (C=O) groups excluding carboxylic acids is 1. The summed E-state index contributed by atoms with van der Waals surface area (Å²) in [7, 11) is 0. The smallest absolute Gasteiger partial charge is 0.235 e. The fourth-order valence-electron chi connectivity index (χ4n) is 3.09. The second-order valence-corrected chi connectivity index (χ2v) is 10.2. The van der Waals surface area contributed by atoms with Crippen molar-refractivity contribution in [3.05, 3.63) is 65.3 Å². The van der Waals surface area contributed by atoms with E-state index < -0.39 is 0 Å². The Morgan fingerprint density at radius 3 is 2.70 bits per heavy atom. The highest BCUT2D eigenvalue weighted by molar-refractivity contribution is 7.99. The predicted octanol–water partition coefficient (Wildman–Crippen LogP) is 5.57. The Morgan fingerprint density at radius 1 is 1.33 bits per heavy atom. The van der Waals surface area contributed by atoms with E-state index in [0.717, 1.165) is 5.75 Å². The van der Waals surface area contributed by atoms with Crippen molar-refractivity contribution in [3.63, 3.8) is 0 Å². The number of aromatic nitrogens is 3. The summed E-state index contributed by atoms with van der Waals surface area (Å²) in [5, 5.41) is 23.4. The van der Waals surface area contributed by atoms with Crippen molar-refractivity contribution < 1.29 is 9.53 Å². The highest BCUT2D eigenvalue weighted by Gasteiger charge is 2.21. The summed E-state index contributed by atoms with van der Waals surface area (Å²) in [6.07, 6.45) is 1.41. The van der Waals surface area contributed by atoms with Gasteiger partial charge in [0, 0.05) is 6.54 Å². The lowest BCUT2D eigenvalue weighted by Crippen LogP contribution is -2.15. The molecule has 0 spiro atoms. The second-order valence-electron chi connectivity index (χ2n) is 8.39. The van der Waals surface area contributed by atoms with Crippen molar-refractivity contribution in [2.24, 2.45) is 0 Å². The topological polar surface area (TPSA) is 92.8 Å². The number of thioether (sulfide) groups is 1. The minimum atomic E-state index is -0.342. The number of nitrogens with one attached hydrogen (secondary N) is 1. The molecular weight excluding hydrogens is 454 g/mol. The maximum atomic E-state index is 12.4. The van der Waals surface area contributed by atoms with Crippen LogP contribution in [0.3, 0.4) is 0 Å². The van der Waals surface area contributed by atoms with Gasteiger partial charge >= 0.3 is 0 Å². The lowest BCUT2D eigenvalue weighted by atomic mass is 9.87. The minimum absolute atomic E-state index is 0.0758. The van der Waals surface area contributed by atoms with E-state index in [1.165, 1.54) is 28.7 Å². The molecule has 1 atom stereocenters. The van der Waals surface area contributed by atoms with Crippen molar-refractivity contribution in [1.82, 2.24) is 14.8 Å². The zero-order valence-corrected chi connectivity index (χ0v) is 20.8. The zero-order chi connectivity index (χ0) is 24.0. The number of amides is 1. The van der Waals surface area contributed by atoms with Gasteiger partial charge in [-0.1, -0.05) is 50.7 Å². The molecule has 0 aliphatic rings. The number of anilines is 1. The van der Waals surface area contributed by atoms with Crippen molar-refractivity contribution in [1.29, 1.82) is 5.26 Å². The van der Waals surface area contributed by atoms with Gasteiger partial charge in [0.05, 0.1) is 11.3 Å². The standard InChI is InChI=1S/C24H27N5O2S2/c1-6-12-29-21(16(2)31-19-9-7-18(8-10-19)24(3,4)5)27-28-23(29)33-15-20(30)26-22-17(14-25)11-13-32-22/h6-11,13,16H,1,12,15H2,2-5H3,(H,26,30). The summed E-state index contributed by atoms with van der Waals surface area (Å²) in [5.74, 6) is 1.34. The molecule has 3 rings (SSSR count). The summed E-state index contributed by atoms with van der Waals surface area (Å²) in [5.41, 5.74) is 1.77. The number of nitriles is 1. The molecule has 0 aliphatic carbocycles. The number of hydrogen-bond donors (Lipinski definition) is 1. The largest absolute Gasteiger partial charge is 0.483 e. The van der Waals surface area contributed by atoms with Gasteiger partial charge in [0.15, 0.2) is 17.1 Å². The summed E-state index contributed by atoms with van der Waals surface area (Å²) in [4.78, 5) is 12.4. The number of rotatable bonds is 9. The van der Waals surface area contributed by atoms with Crippen LogP contribution in [0.25, 0.3) is 0 Å². The molecule has 0 saturated heterocycles. The molecule has 0 radical (unpaired) electrons. The molecule has 33 heavy (non-hydrogen) atoms. The first-order valence-electron chi connectivity index (χ1n) is 10.4. The first-order chi connectivity index (χ1) is 15.7. The number of hydrogen-bond acceptors (Lipinski definition) is 7. The summed E-state index contributed by atoms with van der Waals surface area (Å²) < 4.78 is 8.01. The average molecular weight is 482 g/mol. The number of thiophene rings is 1. The highest BCUT2D eigenvalue weighted by atomic mass is 32.2. The molecule has 3 aromatic rings. The van der Waals surface area contributed by atoms with Gasteiger partial charge in [0.1, 0.15) is 16.8 Å². The summed E-state index contributed by atoms with van der Waals surface area (Å²) in [6.45, 7) is 12.8. The van der Waals surface area contributed by atoms with Crippen LogP contribution in [0.2, 0.25) is 0 Å². The van der Waals surface area contributed by atoms with Gasteiger partial charge in [0.25, 0.3) is 0 Å². The molecule has 1 aromatic carbocycles. The van der Waals surface area contributed by atoms with Crippen LogP contribution in [0.5, 0.6) is 5.75 Å². The molecule has 0 fully saturated rings. The van der Waals surface area contributed by atoms with Gasteiger partial charge in [-0.05, 0) is 41.5 Å². The number of nitrogens with zero attached hydrogens (tertiary/aromatic N) is 4. The van der Waals surface area contributed by atoms with E-state index in [0.29, 0.717) is 28.1 Å². The zero-order valence-electron chi connectivity index (χ0n) is 19.2. The van der Waals surface area contributed by atoms with E-state index in [2.05, 4.69) is 61.1 Å². The number of benzene rings is 1. The van der Waals surface area contributed by atoms with Crippen LogP contribution < -0.4 is 10.1 Å². The molecule has 7 nitrogen and oxygen atoms in total. The van der Waals surface area contributed by atoms with Gasteiger partial charge in [0.2, 0.25) is 5.91 Å². The Balaban J connectivity index is 1.67.